The van der Waals surface area contributed by atoms with E-state index >= 15 is 0 Å². The molecule has 0 spiro atoms. The van der Waals surface area contributed by atoms with Crippen LogP contribution in [0.4, 0.5) is 5.69 Å². The van der Waals surface area contributed by atoms with Gasteiger partial charge in [0.15, 0.2) is 18.1 Å². The van der Waals surface area contributed by atoms with E-state index < -0.39 is 0 Å². The van der Waals surface area contributed by atoms with Crippen molar-refractivity contribution >= 4 is 27.5 Å². The second kappa shape index (κ2) is 8.37. The number of anilines is 1. The highest BCUT2D eigenvalue weighted by Gasteiger charge is 2.14. The predicted octanol–water partition coefficient (Wildman–Crippen LogP) is 4.05. The van der Waals surface area contributed by atoms with Crippen LogP contribution in [0.5, 0.6) is 11.5 Å². The lowest BCUT2D eigenvalue weighted by Gasteiger charge is -2.14. The molecular formula is C18H17BrN2O3. The van der Waals surface area contributed by atoms with Gasteiger partial charge in [0.05, 0.1) is 22.7 Å². The van der Waals surface area contributed by atoms with Gasteiger partial charge in [-0.3, -0.25) is 4.79 Å². The summed E-state index contributed by atoms with van der Waals surface area (Å²) in [5.74, 6) is 0.547. The second-order valence-electron chi connectivity index (χ2n) is 4.98. The third-order valence-corrected chi connectivity index (χ3v) is 3.79. The fourth-order valence-electron chi connectivity index (χ4n) is 2.07. The number of nitrogens with zero attached hydrogens (tertiary/aromatic N) is 1. The van der Waals surface area contributed by atoms with E-state index in [0.29, 0.717) is 28.1 Å². The summed E-state index contributed by atoms with van der Waals surface area (Å²) in [7, 11) is 0. The molecule has 0 fully saturated rings. The van der Waals surface area contributed by atoms with E-state index in [1.54, 1.807) is 12.1 Å². The summed E-state index contributed by atoms with van der Waals surface area (Å²) >= 11 is 3.35. The summed E-state index contributed by atoms with van der Waals surface area (Å²) in [6.07, 6.45) is 0. The number of amides is 1. The summed E-state index contributed by atoms with van der Waals surface area (Å²) in [6, 6.07) is 12.8. The summed E-state index contributed by atoms with van der Waals surface area (Å²) in [4.78, 5) is 12.1. The van der Waals surface area contributed by atoms with Crippen molar-refractivity contribution in [1.82, 2.24) is 0 Å². The SMILES string of the molecule is CCOc1cc(C#N)cc(Br)c1OCC(=O)Nc1ccccc1C. The van der Waals surface area contributed by atoms with Gasteiger partial charge in [-0.25, -0.2) is 0 Å². The Kier molecular flexibility index (Phi) is 6.21. The molecule has 124 valence electrons. The van der Waals surface area contributed by atoms with Gasteiger partial charge in [0.25, 0.3) is 5.91 Å². The summed E-state index contributed by atoms with van der Waals surface area (Å²) < 4.78 is 11.7. The lowest BCUT2D eigenvalue weighted by Crippen LogP contribution is -2.21. The van der Waals surface area contributed by atoms with E-state index in [9.17, 15) is 4.79 Å². The minimum atomic E-state index is -0.275. The smallest absolute Gasteiger partial charge is 0.262 e. The standard InChI is InChI=1S/C18H17BrN2O3/c1-3-23-16-9-13(10-20)8-14(19)18(16)24-11-17(22)21-15-7-5-4-6-12(15)2/h4-9H,3,11H2,1-2H3,(H,21,22). The van der Waals surface area contributed by atoms with Crippen molar-refractivity contribution in [1.29, 1.82) is 5.26 Å². The number of carbonyl (C=O) groups is 1. The first kappa shape index (κ1) is 17.8. The summed E-state index contributed by atoms with van der Waals surface area (Å²) in [6.45, 7) is 4.01. The molecule has 1 amide bonds. The van der Waals surface area contributed by atoms with E-state index in [-0.39, 0.29) is 12.5 Å². The molecule has 1 N–H and O–H groups in total. The van der Waals surface area contributed by atoms with E-state index in [1.165, 1.54) is 0 Å². The zero-order chi connectivity index (χ0) is 17.5. The van der Waals surface area contributed by atoms with Crippen LogP contribution in [-0.4, -0.2) is 19.1 Å². The predicted molar refractivity (Wildman–Crippen MR) is 95.3 cm³/mol. The van der Waals surface area contributed by atoms with E-state index in [0.717, 1.165) is 11.3 Å². The Bertz CT molecular complexity index is 784. The van der Waals surface area contributed by atoms with E-state index in [4.69, 9.17) is 14.7 Å². The molecule has 0 saturated carbocycles. The molecule has 0 saturated heterocycles. The molecule has 0 aliphatic carbocycles. The third kappa shape index (κ3) is 4.49. The molecule has 24 heavy (non-hydrogen) atoms. The van der Waals surface area contributed by atoms with Crippen LogP contribution in [-0.2, 0) is 4.79 Å². The monoisotopic (exact) mass is 388 g/mol. The van der Waals surface area contributed by atoms with Gasteiger partial charge < -0.3 is 14.8 Å². The van der Waals surface area contributed by atoms with Crippen LogP contribution >= 0.6 is 15.9 Å². The Hall–Kier alpha value is -2.52. The van der Waals surface area contributed by atoms with Crippen molar-refractivity contribution < 1.29 is 14.3 Å². The van der Waals surface area contributed by atoms with Gasteiger partial charge in [-0.05, 0) is 47.5 Å². The number of hydrogen-bond acceptors (Lipinski definition) is 4. The first-order valence-corrected chi connectivity index (χ1v) is 8.19. The van der Waals surface area contributed by atoms with Gasteiger partial charge in [0.1, 0.15) is 0 Å². The molecule has 2 aromatic carbocycles. The largest absolute Gasteiger partial charge is 0.490 e. The van der Waals surface area contributed by atoms with Crippen LogP contribution in [0.15, 0.2) is 40.9 Å². The van der Waals surface area contributed by atoms with Crippen molar-refractivity contribution in [3.8, 4) is 17.6 Å². The summed E-state index contributed by atoms with van der Waals surface area (Å²) in [5, 5.41) is 11.8. The van der Waals surface area contributed by atoms with Gasteiger partial charge in [-0.15, -0.1) is 0 Å². The van der Waals surface area contributed by atoms with Crippen molar-refractivity contribution in [2.45, 2.75) is 13.8 Å². The Morgan fingerprint density at radius 2 is 2.04 bits per heavy atom. The van der Waals surface area contributed by atoms with Crippen LogP contribution in [0.1, 0.15) is 18.1 Å². The second-order valence-corrected chi connectivity index (χ2v) is 5.84. The number of aryl methyl sites for hydroxylation is 1. The first-order valence-electron chi connectivity index (χ1n) is 7.40. The van der Waals surface area contributed by atoms with Crippen LogP contribution in [0.25, 0.3) is 0 Å². The molecule has 2 rings (SSSR count). The third-order valence-electron chi connectivity index (χ3n) is 3.21. The number of nitrogens with one attached hydrogen (secondary N) is 1. The Morgan fingerprint density at radius 3 is 2.71 bits per heavy atom. The molecule has 5 nitrogen and oxygen atoms in total. The highest BCUT2D eigenvalue weighted by atomic mass is 79.9. The van der Waals surface area contributed by atoms with Crippen LogP contribution in [0, 0.1) is 18.3 Å². The average Bonchev–Trinajstić information content (AvgIpc) is 2.56. The number of carbonyl (C=O) groups excluding carboxylic acids is 1. The molecule has 6 heteroatoms. The molecule has 0 heterocycles. The number of benzene rings is 2. The maximum absolute atomic E-state index is 12.1. The molecule has 0 radical (unpaired) electrons. The van der Waals surface area contributed by atoms with Crippen molar-refractivity contribution in [2.24, 2.45) is 0 Å². The first-order chi connectivity index (χ1) is 11.5. The van der Waals surface area contributed by atoms with Crippen LogP contribution < -0.4 is 14.8 Å². The molecule has 2 aromatic rings. The maximum Gasteiger partial charge on any atom is 0.262 e. The number of hydrogen-bond donors (Lipinski definition) is 1. The van der Waals surface area contributed by atoms with Gasteiger partial charge in [-0.1, -0.05) is 18.2 Å². The molecular weight excluding hydrogens is 372 g/mol. The van der Waals surface area contributed by atoms with Gasteiger partial charge in [0, 0.05) is 11.8 Å². The molecule has 0 aromatic heterocycles. The maximum atomic E-state index is 12.1. The topological polar surface area (TPSA) is 71.3 Å². The average molecular weight is 389 g/mol. The highest BCUT2D eigenvalue weighted by Crippen LogP contribution is 2.36. The highest BCUT2D eigenvalue weighted by molar-refractivity contribution is 9.10. The van der Waals surface area contributed by atoms with Crippen molar-refractivity contribution in [3.63, 3.8) is 0 Å². The van der Waals surface area contributed by atoms with E-state index in [1.807, 2.05) is 38.1 Å². The number of halogens is 1. The van der Waals surface area contributed by atoms with Gasteiger partial charge >= 0.3 is 0 Å². The molecule has 0 atom stereocenters. The number of rotatable bonds is 6. The quantitative estimate of drug-likeness (QED) is 0.809. The lowest BCUT2D eigenvalue weighted by atomic mass is 10.2. The van der Waals surface area contributed by atoms with Gasteiger partial charge in [0.2, 0.25) is 0 Å². The van der Waals surface area contributed by atoms with E-state index in [2.05, 4.69) is 27.3 Å². The minimum Gasteiger partial charge on any atom is -0.490 e. The normalized spacial score (nSPS) is 9.92. The van der Waals surface area contributed by atoms with Crippen molar-refractivity contribution in [3.05, 3.63) is 52.0 Å². The lowest BCUT2D eigenvalue weighted by molar-refractivity contribution is -0.118. The zero-order valence-corrected chi connectivity index (χ0v) is 15.0. The number of para-hydroxylation sites is 1. The van der Waals surface area contributed by atoms with Crippen LogP contribution in [0.3, 0.4) is 0 Å². The van der Waals surface area contributed by atoms with Crippen molar-refractivity contribution in [2.75, 3.05) is 18.5 Å². The molecule has 0 unspecified atom stereocenters. The van der Waals surface area contributed by atoms with Crippen LogP contribution in [0.2, 0.25) is 0 Å². The zero-order valence-electron chi connectivity index (χ0n) is 13.4. The molecule has 0 aliphatic heterocycles. The Morgan fingerprint density at radius 1 is 1.29 bits per heavy atom. The summed E-state index contributed by atoms with van der Waals surface area (Å²) in [5.41, 5.74) is 2.16. The Balaban J connectivity index is 2.10. The number of nitriles is 1. The Labute approximate surface area is 149 Å². The fraction of sp³-hybridized carbons (Fsp3) is 0.222. The minimum absolute atomic E-state index is 0.168. The van der Waals surface area contributed by atoms with Gasteiger partial charge in [-0.2, -0.15) is 5.26 Å². The fourth-order valence-corrected chi connectivity index (χ4v) is 2.63. The molecule has 0 aliphatic rings. The number of ether oxygens (including phenoxy) is 2. The molecule has 0 bridgehead atoms.